The van der Waals surface area contributed by atoms with E-state index in [1.54, 1.807) is 16.8 Å². The van der Waals surface area contributed by atoms with Crippen LogP contribution in [-0.4, -0.2) is 17.5 Å². The van der Waals surface area contributed by atoms with E-state index < -0.39 is 0 Å². The van der Waals surface area contributed by atoms with E-state index >= 15 is 0 Å². The van der Waals surface area contributed by atoms with Crippen molar-refractivity contribution in [2.24, 2.45) is 10.8 Å². The molecule has 13 heavy (non-hydrogen) atoms. The second-order valence-electron chi connectivity index (χ2n) is 2.32. The number of hydrogen-bond donors (Lipinski definition) is 3. The minimum atomic E-state index is 0.552. The fraction of sp³-hybridized carbons (Fsp3) is 0.429. The SMILES string of the molecule is CCNC(=NCc1cscn1)NN. The van der Waals surface area contributed by atoms with E-state index in [1.807, 2.05) is 12.3 Å². The van der Waals surface area contributed by atoms with Crippen molar-refractivity contribution < 1.29 is 0 Å². The number of rotatable bonds is 3. The smallest absolute Gasteiger partial charge is 0.206 e. The number of nitrogens with two attached hydrogens (primary N) is 1. The molecular formula is C7H13N5S. The summed E-state index contributed by atoms with van der Waals surface area (Å²) in [6.45, 7) is 3.33. The second-order valence-corrected chi connectivity index (χ2v) is 3.04. The Labute approximate surface area is 81.1 Å². The Balaban J connectivity index is 2.45. The summed E-state index contributed by atoms with van der Waals surface area (Å²) < 4.78 is 0. The van der Waals surface area contributed by atoms with Gasteiger partial charge in [0.25, 0.3) is 0 Å². The number of guanidine groups is 1. The summed E-state index contributed by atoms with van der Waals surface area (Å²) in [5, 5.41) is 4.95. The number of nitrogens with zero attached hydrogens (tertiary/aromatic N) is 2. The fourth-order valence-corrected chi connectivity index (χ4v) is 1.35. The first-order valence-corrected chi connectivity index (χ1v) is 4.93. The van der Waals surface area contributed by atoms with Crippen LogP contribution in [0.5, 0.6) is 0 Å². The lowest BCUT2D eigenvalue weighted by Crippen LogP contribution is -2.41. The fourth-order valence-electron chi connectivity index (χ4n) is 0.796. The van der Waals surface area contributed by atoms with Gasteiger partial charge in [-0.2, -0.15) is 0 Å². The molecule has 0 unspecified atom stereocenters. The lowest BCUT2D eigenvalue weighted by molar-refractivity contribution is 0.847. The third-order valence-electron chi connectivity index (χ3n) is 1.36. The Hall–Kier alpha value is -1.14. The predicted molar refractivity (Wildman–Crippen MR) is 54.3 cm³/mol. The third kappa shape index (κ3) is 3.39. The summed E-state index contributed by atoms with van der Waals surface area (Å²) in [5.74, 6) is 5.83. The highest BCUT2D eigenvalue weighted by atomic mass is 32.1. The molecule has 1 aromatic rings. The average molecular weight is 199 g/mol. The Morgan fingerprint density at radius 3 is 3.15 bits per heavy atom. The maximum absolute atomic E-state index is 5.24. The van der Waals surface area contributed by atoms with E-state index in [1.165, 1.54) is 0 Å². The molecule has 0 aromatic carbocycles. The topological polar surface area (TPSA) is 75.3 Å². The van der Waals surface area contributed by atoms with Gasteiger partial charge in [-0.3, -0.25) is 5.43 Å². The van der Waals surface area contributed by atoms with Crippen molar-refractivity contribution in [2.45, 2.75) is 13.5 Å². The molecule has 5 nitrogen and oxygen atoms in total. The molecule has 0 saturated carbocycles. The molecule has 0 saturated heterocycles. The molecule has 4 N–H and O–H groups in total. The van der Waals surface area contributed by atoms with Crippen LogP contribution < -0.4 is 16.6 Å². The van der Waals surface area contributed by atoms with Crippen LogP contribution in [-0.2, 0) is 6.54 Å². The molecule has 72 valence electrons. The predicted octanol–water partition coefficient (Wildman–Crippen LogP) is 0.0719. The molecule has 0 atom stereocenters. The molecule has 0 bridgehead atoms. The first-order valence-electron chi connectivity index (χ1n) is 3.98. The van der Waals surface area contributed by atoms with E-state index in [9.17, 15) is 0 Å². The zero-order valence-corrected chi connectivity index (χ0v) is 8.27. The highest BCUT2D eigenvalue weighted by Crippen LogP contribution is 2.01. The lowest BCUT2D eigenvalue weighted by atomic mass is 10.5. The Kier molecular flexibility index (Phi) is 4.20. The quantitative estimate of drug-likeness (QED) is 0.279. The Bertz CT molecular complexity index is 256. The van der Waals surface area contributed by atoms with Crippen LogP contribution in [0.15, 0.2) is 15.9 Å². The average Bonchev–Trinajstić information content (AvgIpc) is 2.64. The number of aliphatic imine (C=N–C) groups is 1. The maximum Gasteiger partial charge on any atom is 0.206 e. The van der Waals surface area contributed by atoms with Gasteiger partial charge >= 0.3 is 0 Å². The molecule has 1 aromatic heterocycles. The van der Waals surface area contributed by atoms with Crippen molar-refractivity contribution in [2.75, 3.05) is 6.54 Å². The lowest BCUT2D eigenvalue weighted by Gasteiger charge is -2.05. The molecule has 6 heteroatoms. The summed E-state index contributed by atoms with van der Waals surface area (Å²) in [6.07, 6.45) is 0. The van der Waals surface area contributed by atoms with Gasteiger partial charge in [0.15, 0.2) is 0 Å². The van der Waals surface area contributed by atoms with Crippen LogP contribution in [0.3, 0.4) is 0 Å². The minimum absolute atomic E-state index is 0.552. The van der Waals surface area contributed by atoms with Gasteiger partial charge in [0, 0.05) is 11.9 Å². The summed E-state index contributed by atoms with van der Waals surface area (Å²) in [7, 11) is 0. The Morgan fingerprint density at radius 2 is 2.62 bits per heavy atom. The molecule has 0 spiro atoms. The zero-order chi connectivity index (χ0) is 9.52. The summed E-state index contributed by atoms with van der Waals surface area (Å²) in [4.78, 5) is 8.29. The molecule has 0 radical (unpaired) electrons. The molecule has 0 aliphatic heterocycles. The Morgan fingerprint density at radius 1 is 1.77 bits per heavy atom. The van der Waals surface area contributed by atoms with E-state index in [4.69, 9.17) is 5.84 Å². The van der Waals surface area contributed by atoms with E-state index in [-0.39, 0.29) is 0 Å². The van der Waals surface area contributed by atoms with Crippen molar-refractivity contribution in [3.8, 4) is 0 Å². The monoisotopic (exact) mass is 199 g/mol. The molecule has 0 fully saturated rings. The zero-order valence-electron chi connectivity index (χ0n) is 7.45. The van der Waals surface area contributed by atoms with E-state index in [2.05, 4.69) is 20.7 Å². The van der Waals surface area contributed by atoms with Gasteiger partial charge in [-0.05, 0) is 6.92 Å². The first-order chi connectivity index (χ1) is 6.36. The van der Waals surface area contributed by atoms with Crippen molar-refractivity contribution >= 4 is 17.3 Å². The maximum atomic E-state index is 5.24. The second kappa shape index (κ2) is 5.50. The summed E-state index contributed by atoms with van der Waals surface area (Å²) in [5.41, 5.74) is 5.22. The van der Waals surface area contributed by atoms with Gasteiger partial charge in [-0.15, -0.1) is 11.3 Å². The molecule has 0 aliphatic rings. The number of hydrogen-bond acceptors (Lipinski definition) is 4. The standard InChI is InChI=1S/C7H13N5S/c1-2-9-7(12-8)10-3-6-4-13-5-11-6/h4-5H,2-3,8H2,1H3,(H2,9,10,12). The van der Waals surface area contributed by atoms with E-state index in [0.29, 0.717) is 12.5 Å². The third-order valence-corrected chi connectivity index (χ3v) is 2.00. The molecule has 0 aliphatic carbocycles. The molecular weight excluding hydrogens is 186 g/mol. The van der Waals surface area contributed by atoms with Crippen LogP contribution in [0.4, 0.5) is 0 Å². The van der Waals surface area contributed by atoms with Crippen LogP contribution in [0.2, 0.25) is 0 Å². The summed E-state index contributed by atoms with van der Waals surface area (Å²) in [6, 6.07) is 0. The summed E-state index contributed by atoms with van der Waals surface area (Å²) >= 11 is 1.56. The van der Waals surface area contributed by atoms with Crippen molar-refractivity contribution in [3.05, 3.63) is 16.6 Å². The first kappa shape index (κ1) is 9.94. The van der Waals surface area contributed by atoms with Gasteiger partial charge in [0.05, 0.1) is 17.7 Å². The van der Waals surface area contributed by atoms with Crippen molar-refractivity contribution in [1.29, 1.82) is 0 Å². The number of thiazole rings is 1. The molecule has 0 amide bonds. The van der Waals surface area contributed by atoms with Crippen LogP contribution in [0.1, 0.15) is 12.6 Å². The van der Waals surface area contributed by atoms with Crippen LogP contribution >= 0.6 is 11.3 Å². The minimum Gasteiger partial charge on any atom is -0.356 e. The van der Waals surface area contributed by atoms with Gasteiger partial charge < -0.3 is 5.32 Å². The normalized spacial score (nSPS) is 11.4. The van der Waals surface area contributed by atoms with Crippen molar-refractivity contribution in [1.82, 2.24) is 15.7 Å². The highest BCUT2D eigenvalue weighted by molar-refractivity contribution is 7.07. The largest absolute Gasteiger partial charge is 0.356 e. The van der Waals surface area contributed by atoms with Crippen LogP contribution in [0.25, 0.3) is 0 Å². The molecule has 1 heterocycles. The van der Waals surface area contributed by atoms with Gasteiger partial charge in [0.2, 0.25) is 5.96 Å². The van der Waals surface area contributed by atoms with Gasteiger partial charge in [-0.1, -0.05) is 0 Å². The van der Waals surface area contributed by atoms with E-state index in [0.717, 1.165) is 12.2 Å². The van der Waals surface area contributed by atoms with Crippen LogP contribution in [0, 0.1) is 0 Å². The highest BCUT2D eigenvalue weighted by Gasteiger charge is 1.94. The number of aromatic nitrogens is 1. The molecule has 1 rings (SSSR count). The number of nitrogens with one attached hydrogen (secondary N) is 2. The number of hydrazine groups is 1. The van der Waals surface area contributed by atoms with Crippen molar-refractivity contribution in [3.63, 3.8) is 0 Å². The van der Waals surface area contributed by atoms with Gasteiger partial charge in [0.1, 0.15) is 0 Å². The van der Waals surface area contributed by atoms with Gasteiger partial charge in [-0.25, -0.2) is 15.8 Å².